The second-order valence-electron chi connectivity index (χ2n) is 6.99. The lowest BCUT2D eigenvalue weighted by molar-refractivity contribution is 0.236. The molecule has 0 bridgehead atoms. The number of aromatic nitrogens is 4. The maximum atomic E-state index is 5.72. The average Bonchev–Trinajstić information content (AvgIpc) is 3.48. The van der Waals surface area contributed by atoms with Crippen molar-refractivity contribution in [1.82, 2.24) is 24.5 Å². The fourth-order valence-corrected chi connectivity index (χ4v) is 3.85. The molecule has 5 rings (SSSR count). The van der Waals surface area contributed by atoms with Crippen molar-refractivity contribution in [3.63, 3.8) is 0 Å². The summed E-state index contributed by atoms with van der Waals surface area (Å²) in [4.78, 5) is 7.09. The Balaban J connectivity index is 1.36. The van der Waals surface area contributed by atoms with Crippen molar-refractivity contribution in [2.75, 3.05) is 13.7 Å². The minimum Gasteiger partial charge on any atom is -0.497 e. The van der Waals surface area contributed by atoms with E-state index in [2.05, 4.69) is 24.5 Å². The third kappa shape index (κ3) is 3.03. The van der Waals surface area contributed by atoms with Crippen LogP contribution in [0.3, 0.4) is 0 Å². The lowest BCUT2D eigenvalue weighted by Gasteiger charge is -2.21. The van der Waals surface area contributed by atoms with Crippen LogP contribution < -0.4 is 4.74 Å². The lowest BCUT2D eigenvalue weighted by Crippen LogP contribution is -2.24. The van der Waals surface area contributed by atoms with Crippen molar-refractivity contribution < 1.29 is 9.15 Å². The van der Waals surface area contributed by atoms with Gasteiger partial charge in [-0.05, 0) is 55.8 Å². The summed E-state index contributed by atoms with van der Waals surface area (Å²) in [6.07, 6.45) is 5.98. The number of hydrogen-bond donors (Lipinski definition) is 0. The molecule has 1 saturated heterocycles. The van der Waals surface area contributed by atoms with Crippen LogP contribution in [0, 0.1) is 0 Å². The summed E-state index contributed by atoms with van der Waals surface area (Å²) in [5, 5.41) is 8.76. The third-order valence-electron chi connectivity index (χ3n) is 5.26. The van der Waals surface area contributed by atoms with E-state index in [9.17, 15) is 0 Å². The first kappa shape index (κ1) is 16.9. The van der Waals surface area contributed by atoms with Gasteiger partial charge in [0.05, 0.1) is 18.8 Å². The molecule has 4 aromatic rings. The van der Waals surface area contributed by atoms with E-state index >= 15 is 0 Å². The minimum absolute atomic E-state index is 0.235. The molecule has 1 fully saturated rings. The van der Waals surface area contributed by atoms with Crippen molar-refractivity contribution in [3.8, 4) is 17.2 Å². The topological polar surface area (TPSA) is 68.7 Å². The highest BCUT2D eigenvalue weighted by Crippen LogP contribution is 2.32. The van der Waals surface area contributed by atoms with E-state index in [4.69, 9.17) is 9.15 Å². The number of methoxy groups -OCH3 is 1. The van der Waals surface area contributed by atoms with Gasteiger partial charge in [-0.25, -0.2) is 4.98 Å². The van der Waals surface area contributed by atoms with Crippen LogP contribution in [0.4, 0.5) is 0 Å². The first-order valence-corrected chi connectivity index (χ1v) is 9.44. The molecule has 1 aliphatic rings. The number of oxazole rings is 1. The molecule has 7 nitrogen and oxygen atoms in total. The molecule has 1 atom stereocenters. The van der Waals surface area contributed by atoms with Gasteiger partial charge in [0.2, 0.25) is 5.89 Å². The Labute approximate surface area is 162 Å². The molecule has 0 aliphatic carbocycles. The van der Waals surface area contributed by atoms with E-state index in [0.717, 1.165) is 54.4 Å². The van der Waals surface area contributed by atoms with Crippen molar-refractivity contribution in [3.05, 3.63) is 66.4 Å². The van der Waals surface area contributed by atoms with Gasteiger partial charge in [-0.3, -0.25) is 9.30 Å². The molecule has 1 aromatic carbocycles. The van der Waals surface area contributed by atoms with Crippen molar-refractivity contribution >= 4 is 5.65 Å². The molecule has 0 spiro atoms. The number of benzene rings is 1. The van der Waals surface area contributed by atoms with Gasteiger partial charge in [0.15, 0.2) is 11.5 Å². The van der Waals surface area contributed by atoms with Crippen LogP contribution in [0.1, 0.15) is 30.4 Å². The highest BCUT2D eigenvalue weighted by Gasteiger charge is 2.30. The number of fused-ring (bicyclic) bond motifs is 1. The predicted molar refractivity (Wildman–Crippen MR) is 104 cm³/mol. The van der Waals surface area contributed by atoms with Crippen molar-refractivity contribution in [2.45, 2.75) is 25.4 Å². The molecular formula is C21H21N5O2. The van der Waals surface area contributed by atoms with Crippen LogP contribution in [0.15, 0.2) is 59.3 Å². The number of nitrogens with zero attached hydrogens (tertiary/aromatic N) is 5. The maximum Gasteiger partial charge on any atom is 0.226 e. The van der Waals surface area contributed by atoms with Crippen molar-refractivity contribution in [2.24, 2.45) is 0 Å². The fourth-order valence-electron chi connectivity index (χ4n) is 3.85. The Morgan fingerprint density at radius 3 is 2.89 bits per heavy atom. The molecule has 0 unspecified atom stereocenters. The molecule has 0 amide bonds. The zero-order chi connectivity index (χ0) is 18.9. The van der Waals surface area contributed by atoms with Crippen LogP contribution in [0.25, 0.3) is 17.1 Å². The Bertz CT molecular complexity index is 1090. The smallest absolute Gasteiger partial charge is 0.226 e. The zero-order valence-corrected chi connectivity index (χ0v) is 15.7. The van der Waals surface area contributed by atoms with Crippen molar-refractivity contribution in [1.29, 1.82) is 0 Å². The largest absolute Gasteiger partial charge is 0.497 e. The SMILES string of the molecule is COc1ccc(-c2nc(CN3CCC[C@H]3c3nnc4ccccn34)co2)cc1. The Morgan fingerprint density at radius 2 is 2.04 bits per heavy atom. The van der Waals surface area contributed by atoms with E-state index in [1.54, 1.807) is 13.4 Å². The molecule has 1 aliphatic heterocycles. The van der Waals surface area contributed by atoms with Crippen LogP contribution >= 0.6 is 0 Å². The second-order valence-corrected chi connectivity index (χ2v) is 6.99. The molecule has 3 aromatic heterocycles. The minimum atomic E-state index is 0.235. The van der Waals surface area contributed by atoms with Gasteiger partial charge in [-0.2, -0.15) is 0 Å². The normalized spacial score (nSPS) is 17.4. The first-order valence-electron chi connectivity index (χ1n) is 9.44. The Hall–Kier alpha value is -3.19. The monoisotopic (exact) mass is 375 g/mol. The fraction of sp³-hybridized carbons (Fsp3) is 0.286. The van der Waals surface area contributed by atoms with E-state index < -0.39 is 0 Å². The highest BCUT2D eigenvalue weighted by molar-refractivity contribution is 5.54. The first-order chi connectivity index (χ1) is 13.8. The standard InChI is InChI=1S/C21H21N5O2/c1-27-17-9-7-15(8-10-17)21-22-16(14-28-21)13-25-11-4-5-18(25)20-24-23-19-6-2-3-12-26(19)20/h2-3,6-10,12,14,18H,4-5,11,13H2,1H3/t18-/m0/s1. The van der Waals surface area contributed by atoms with Crippen LogP contribution in [0.5, 0.6) is 5.75 Å². The van der Waals surface area contributed by atoms with E-state index in [-0.39, 0.29) is 6.04 Å². The highest BCUT2D eigenvalue weighted by atomic mass is 16.5. The van der Waals surface area contributed by atoms with Gasteiger partial charge < -0.3 is 9.15 Å². The summed E-state index contributed by atoms with van der Waals surface area (Å²) in [7, 11) is 1.66. The Kier molecular flexibility index (Phi) is 4.29. The van der Waals surface area contributed by atoms with Gasteiger partial charge in [0.25, 0.3) is 0 Å². The molecular weight excluding hydrogens is 354 g/mol. The summed E-state index contributed by atoms with van der Waals surface area (Å²) in [5.41, 5.74) is 2.74. The number of pyridine rings is 1. The number of hydrogen-bond acceptors (Lipinski definition) is 6. The molecule has 0 saturated carbocycles. The van der Waals surface area contributed by atoms with Gasteiger partial charge in [-0.15, -0.1) is 10.2 Å². The predicted octanol–water partition coefficient (Wildman–Crippen LogP) is 3.73. The average molecular weight is 375 g/mol. The van der Waals surface area contributed by atoms with Gasteiger partial charge in [0.1, 0.15) is 12.0 Å². The zero-order valence-electron chi connectivity index (χ0n) is 15.7. The van der Waals surface area contributed by atoms with Gasteiger partial charge in [0, 0.05) is 18.3 Å². The lowest BCUT2D eigenvalue weighted by atomic mass is 10.2. The number of ether oxygens (including phenoxy) is 1. The molecule has 0 N–H and O–H groups in total. The Morgan fingerprint density at radius 1 is 1.14 bits per heavy atom. The molecule has 4 heterocycles. The van der Waals surface area contributed by atoms with E-state index in [1.807, 2.05) is 48.7 Å². The summed E-state index contributed by atoms with van der Waals surface area (Å²) in [6.45, 7) is 1.74. The second kappa shape index (κ2) is 7.09. The van der Waals surface area contributed by atoms with E-state index in [0.29, 0.717) is 5.89 Å². The molecule has 142 valence electrons. The van der Waals surface area contributed by atoms with Crippen LogP contribution in [0.2, 0.25) is 0 Å². The van der Waals surface area contributed by atoms with Crippen LogP contribution in [-0.4, -0.2) is 38.1 Å². The summed E-state index contributed by atoms with van der Waals surface area (Å²) >= 11 is 0. The third-order valence-corrected chi connectivity index (χ3v) is 5.26. The maximum absolute atomic E-state index is 5.72. The molecule has 0 radical (unpaired) electrons. The van der Waals surface area contributed by atoms with E-state index in [1.165, 1.54) is 0 Å². The summed E-state index contributed by atoms with van der Waals surface area (Å²) < 4.78 is 13.0. The molecule has 28 heavy (non-hydrogen) atoms. The molecule has 7 heteroatoms. The van der Waals surface area contributed by atoms with Gasteiger partial charge in [-0.1, -0.05) is 6.07 Å². The van der Waals surface area contributed by atoms with Gasteiger partial charge >= 0.3 is 0 Å². The van der Waals surface area contributed by atoms with Crippen LogP contribution in [-0.2, 0) is 6.54 Å². The summed E-state index contributed by atoms with van der Waals surface area (Å²) in [6, 6.07) is 13.9. The number of likely N-dealkylation sites (tertiary alicyclic amines) is 1. The number of rotatable bonds is 5. The summed E-state index contributed by atoms with van der Waals surface area (Å²) in [5.74, 6) is 2.43. The quantitative estimate of drug-likeness (QED) is 0.529.